The molecule has 0 aliphatic heterocycles. The molecule has 1 atom stereocenters. The molecule has 0 saturated heterocycles. The Morgan fingerprint density at radius 2 is 1.81 bits per heavy atom. The summed E-state index contributed by atoms with van der Waals surface area (Å²) in [5.41, 5.74) is 4.95. The number of hydrogen-bond acceptors (Lipinski definition) is 4. The number of pyridine rings is 2. The lowest BCUT2D eigenvalue weighted by atomic mass is 9.89. The average molecular weight is 478 g/mol. The van der Waals surface area contributed by atoms with Crippen LogP contribution in [0.3, 0.4) is 0 Å². The summed E-state index contributed by atoms with van der Waals surface area (Å²) in [7, 11) is 1.63. The van der Waals surface area contributed by atoms with Crippen molar-refractivity contribution in [2.24, 2.45) is 0 Å². The minimum Gasteiger partial charge on any atom is -0.496 e. The zero-order chi connectivity index (χ0) is 24.9. The normalized spacial score (nSPS) is 11.7. The van der Waals surface area contributed by atoms with Gasteiger partial charge in [-0.1, -0.05) is 42.5 Å². The van der Waals surface area contributed by atoms with Crippen LogP contribution in [0.15, 0.2) is 104 Å². The standard InChI is InChI=1S/C30H24FN3O2/c1-36-29-7-3-2-5-22(29)17-26(30(35)34-24-6-4-15-32-19-24)21-10-8-20(9-11-21)25-14-16-33-28-13-12-23(31)18-27(25)28/h2-16,18-19,26H,17H2,1H3,(H,34,35). The van der Waals surface area contributed by atoms with Crippen molar-refractivity contribution < 1.29 is 13.9 Å². The van der Waals surface area contributed by atoms with Gasteiger partial charge < -0.3 is 10.1 Å². The van der Waals surface area contributed by atoms with Crippen LogP contribution in [0.1, 0.15) is 17.0 Å². The van der Waals surface area contributed by atoms with E-state index in [0.717, 1.165) is 38.9 Å². The van der Waals surface area contributed by atoms with Gasteiger partial charge in [-0.3, -0.25) is 14.8 Å². The number of rotatable bonds is 7. The minimum absolute atomic E-state index is 0.141. The van der Waals surface area contributed by atoms with E-state index in [1.165, 1.54) is 12.1 Å². The number of halogens is 1. The molecule has 5 nitrogen and oxygen atoms in total. The molecule has 0 radical (unpaired) electrons. The van der Waals surface area contributed by atoms with Gasteiger partial charge in [0.05, 0.1) is 30.4 Å². The van der Waals surface area contributed by atoms with E-state index in [4.69, 9.17) is 4.74 Å². The van der Waals surface area contributed by atoms with Gasteiger partial charge in [-0.25, -0.2) is 4.39 Å². The van der Waals surface area contributed by atoms with E-state index in [1.807, 2.05) is 60.7 Å². The van der Waals surface area contributed by atoms with E-state index in [1.54, 1.807) is 37.8 Å². The molecular formula is C30H24FN3O2. The van der Waals surface area contributed by atoms with Crippen molar-refractivity contribution in [2.45, 2.75) is 12.3 Å². The zero-order valence-corrected chi connectivity index (χ0v) is 19.7. The van der Waals surface area contributed by atoms with Crippen molar-refractivity contribution in [3.8, 4) is 16.9 Å². The van der Waals surface area contributed by atoms with Crippen molar-refractivity contribution in [2.75, 3.05) is 12.4 Å². The molecule has 1 amide bonds. The number of para-hydroxylation sites is 1. The molecule has 0 aliphatic rings. The molecule has 0 saturated carbocycles. The second kappa shape index (κ2) is 10.4. The van der Waals surface area contributed by atoms with Crippen molar-refractivity contribution in [1.82, 2.24) is 9.97 Å². The number of carbonyl (C=O) groups is 1. The second-order valence-corrected chi connectivity index (χ2v) is 8.44. The fourth-order valence-electron chi connectivity index (χ4n) is 4.38. The van der Waals surface area contributed by atoms with Gasteiger partial charge in [0.2, 0.25) is 5.91 Å². The van der Waals surface area contributed by atoms with E-state index in [9.17, 15) is 9.18 Å². The number of aromatic nitrogens is 2. The smallest absolute Gasteiger partial charge is 0.232 e. The highest BCUT2D eigenvalue weighted by atomic mass is 19.1. The third-order valence-corrected chi connectivity index (χ3v) is 6.19. The quantitative estimate of drug-likeness (QED) is 0.294. The number of carbonyl (C=O) groups excluding carboxylic acids is 1. The number of anilines is 1. The van der Waals surface area contributed by atoms with Crippen LogP contribution >= 0.6 is 0 Å². The highest BCUT2D eigenvalue weighted by Gasteiger charge is 2.23. The van der Waals surface area contributed by atoms with E-state index in [-0.39, 0.29) is 11.7 Å². The molecule has 0 aliphatic carbocycles. The summed E-state index contributed by atoms with van der Waals surface area (Å²) in [5.74, 6) is -0.184. The topological polar surface area (TPSA) is 64.1 Å². The van der Waals surface area contributed by atoms with Crippen LogP contribution in [-0.4, -0.2) is 23.0 Å². The second-order valence-electron chi connectivity index (χ2n) is 8.44. The van der Waals surface area contributed by atoms with Crippen LogP contribution in [0.5, 0.6) is 5.75 Å². The molecule has 1 N–H and O–H groups in total. The van der Waals surface area contributed by atoms with Gasteiger partial charge in [0.1, 0.15) is 11.6 Å². The number of nitrogens with one attached hydrogen (secondary N) is 1. The molecular weight excluding hydrogens is 453 g/mol. The van der Waals surface area contributed by atoms with Crippen LogP contribution < -0.4 is 10.1 Å². The molecule has 0 bridgehead atoms. The molecule has 0 fully saturated rings. The number of fused-ring (bicyclic) bond motifs is 1. The van der Waals surface area contributed by atoms with Crippen LogP contribution in [0.2, 0.25) is 0 Å². The summed E-state index contributed by atoms with van der Waals surface area (Å²) in [6.07, 6.45) is 5.46. The molecule has 0 spiro atoms. The Kier molecular flexibility index (Phi) is 6.67. The third kappa shape index (κ3) is 4.93. The zero-order valence-electron chi connectivity index (χ0n) is 19.7. The summed E-state index contributed by atoms with van der Waals surface area (Å²) >= 11 is 0. The molecule has 1 unspecified atom stereocenters. The van der Waals surface area contributed by atoms with E-state index >= 15 is 0 Å². The molecule has 2 aromatic heterocycles. The molecule has 5 rings (SSSR count). The lowest BCUT2D eigenvalue weighted by Crippen LogP contribution is -2.23. The largest absolute Gasteiger partial charge is 0.496 e. The fraction of sp³-hybridized carbons (Fsp3) is 0.100. The first-order valence-corrected chi connectivity index (χ1v) is 11.6. The van der Waals surface area contributed by atoms with Gasteiger partial charge in [0, 0.05) is 17.8 Å². The molecule has 2 heterocycles. The Balaban J connectivity index is 1.50. The van der Waals surface area contributed by atoms with Crippen molar-refractivity contribution in [3.63, 3.8) is 0 Å². The first-order chi connectivity index (χ1) is 17.6. The lowest BCUT2D eigenvalue weighted by Gasteiger charge is -2.19. The summed E-state index contributed by atoms with van der Waals surface area (Å²) in [4.78, 5) is 21.9. The molecule has 36 heavy (non-hydrogen) atoms. The molecule has 5 aromatic rings. The van der Waals surface area contributed by atoms with E-state index in [0.29, 0.717) is 12.1 Å². The monoisotopic (exact) mass is 477 g/mol. The van der Waals surface area contributed by atoms with Gasteiger partial charge in [-0.2, -0.15) is 0 Å². The summed E-state index contributed by atoms with van der Waals surface area (Å²) in [5, 5.41) is 3.72. The number of benzene rings is 3. The predicted molar refractivity (Wildman–Crippen MR) is 139 cm³/mol. The summed E-state index contributed by atoms with van der Waals surface area (Å²) in [6, 6.07) is 25.6. The Morgan fingerprint density at radius 3 is 2.58 bits per heavy atom. The lowest BCUT2D eigenvalue weighted by molar-refractivity contribution is -0.117. The van der Waals surface area contributed by atoms with Crippen molar-refractivity contribution in [3.05, 3.63) is 120 Å². The van der Waals surface area contributed by atoms with Crippen molar-refractivity contribution in [1.29, 1.82) is 0 Å². The van der Waals surface area contributed by atoms with E-state index < -0.39 is 5.92 Å². The number of ether oxygens (including phenoxy) is 1. The number of methoxy groups -OCH3 is 1. The van der Waals surface area contributed by atoms with Crippen LogP contribution in [-0.2, 0) is 11.2 Å². The Bertz CT molecular complexity index is 1500. The maximum Gasteiger partial charge on any atom is 0.232 e. The van der Waals surface area contributed by atoms with Crippen LogP contribution in [0.25, 0.3) is 22.0 Å². The van der Waals surface area contributed by atoms with Gasteiger partial charge in [-0.05, 0) is 71.1 Å². The maximum atomic E-state index is 14.0. The number of amides is 1. The number of hydrogen-bond donors (Lipinski definition) is 1. The third-order valence-electron chi connectivity index (χ3n) is 6.19. The average Bonchev–Trinajstić information content (AvgIpc) is 2.92. The van der Waals surface area contributed by atoms with Gasteiger partial charge in [0.15, 0.2) is 0 Å². The first-order valence-electron chi connectivity index (χ1n) is 11.6. The molecule has 178 valence electrons. The molecule has 3 aromatic carbocycles. The SMILES string of the molecule is COc1ccccc1CC(C(=O)Nc1cccnc1)c1ccc(-c2ccnc3ccc(F)cc23)cc1. The summed E-state index contributed by atoms with van der Waals surface area (Å²) in [6.45, 7) is 0. The number of nitrogens with zero attached hydrogens (tertiary/aromatic N) is 2. The minimum atomic E-state index is -0.470. The Morgan fingerprint density at radius 1 is 0.972 bits per heavy atom. The van der Waals surface area contributed by atoms with Crippen molar-refractivity contribution >= 4 is 22.5 Å². The van der Waals surface area contributed by atoms with Gasteiger partial charge >= 0.3 is 0 Å². The Hall–Kier alpha value is -4.58. The predicted octanol–water partition coefficient (Wildman–Crippen LogP) is 6.41. The Labute approximate surface area is 208 Å². The molecule has 6 heteroatoms. The van der Waals surface area contributed by atoms with Crippen LogP contribution in [0.4, 0.5) is 10.1 Å². The summed E-state index contributed by atoms with van der Waals surface area (Å²) < 4.78 is 19.5. The van der Waals surface area contributed by atoms with E-state index in [2.05, 4.69) is 15.3 Å². The highest BCUT2D eigenvalue weighted by Crippen LogP contribution is 2.32. The fourth-order valence-corrected chi connectivity index (χ4v) is 4.38. The van der Waals surface area contributed by atoms with Crippen LogP contribution in [0, 0.1) is 5.82 Å². The van der Waals surface area contributed by atoms with Gasteiger partial charge in [-0.15, -0.1) is 0 Å². The van der Waals surface area contributed by atoms with Gasteiger partial charge in [0.25, 0.3) is 0 Å². The first kappa shape index (κ1) is 23.2. The highest BCUT2D eigenvalue weighted by molar-refractivity contribution is 5.97. The maximum absolute atomic E-state index is 14.0.